The molecule has 4 aromatic carbocycles. The van der Waals surface area contributed by atoms with E-state index in [1.54, 1.807) is 12.1 Å². The van der Waals surface area contributed by atoms with Gasteiger partial charge in [-0.05, 0) is 28.8 Å². The molecule has 172 valence electrons. The molecule has 0 fully saturated rings. The number of carbonyl (C=O) groups is 1. The van der Waals surface area contributed by atoms with Gasteiger partial charge in [0.25, 0.3) is 0 Å². The lowest BCUT2D eigenvalue weighted by atomic mass is 9.76. The average molecular weight is 464 g/mol. The summed E-state index contributed by atoms with van der Waals surface area (Å²) in [5.41, 5.74) is 3.93. The van der Waals surface area contributed by atoms with Crippen molar-refractivity contribution in [3.05, 3.63) is 125 Å². The van der Waals surface area contributed by atoms with Gasteiger partial charge in [0.2, 0.25) is 5.91 Å². The van der Waals surface area contributed by atoms with E-state index in [1.165, 1.54) is 0 Å². The molecule has 0 saturated heterocycles. The Morgan fingerprint density at radius 2 is 1.46 bits per heavy atom. The summed E-state index contributed by atoms with van der Waals surface area (Å²) in [6.07, 6.45) is -1.21. The predicted molar refractivity (Wildman–Crippen MR) is 131 cm³/mol. The summed E-state index contributed by atoms with van der Waals surface area (Å²) in [6, 6.07) is 31.2. The van der Waals surface area contributed by atoms with Crippen molar-refractivity contribution < 1.29 is 18.7 Å². The maximum absolute atomic E-state index is 14.6. The van der Waals surface area contributed by atoms with E-state index in [4.69, 9.17) is 9.47 Å². The molecule has 0 bridgehead atoms. The second-order valence-electron chi connectivity index (χ2n) is 9.27. The van der Waals surface area contributed by atoms with E-state index in [-0.39, 0.29) is 25.2 Å². The molecule has 3 aliphatic heterocycles. The number of nitrogens with zero attached hydrogens (tertiary/aromatic N) is 1. The van der Waals surface area contributed by atoms with Gasteiger partial charge in [-0.3, -0.25) is 9.69 Å². The zero-order valence-electron chi connectivity index (χ0n) is 18.9. The number of rotatable bonds is 3. The third-order valence-corrected chi connectivity index (χ3v) is 7.43. The van der Waals surface area contributed by atoms with Gasteiger partial charge in [-0.25, -0.2) is 4.39 Å². The minimum absolute atomic E-state index is 0.00796. The zero-order chi connectivity index (χ0) is 23.6. The quantitative estimate of drug-likeness (QED) is 0.380. The molecular weight excluding hydrogens is 441 g/mol. The molecule has 7 rings (SSSR count). The molecule has 2 unspecified atom stereocenters. The van der Waals surface area contributed by atoms with Gasteiger partial charge >= 0.3 is 0 Å². The maximum atomic E-state index is 14.6. The van der Waals surface area contributed by atoms with Gasteiger partial charge in [-0.1, -0.05) is 78.9 Å². The van der Waals surface area contributed by atoms with Crippen molar-refractivity contribution in [2.24, 2.45) is 0 Å². The SMILES string of the molecule is O=C1N(C(c2ccccc2)c2ccccc2)c2ccccc2C12COc1cc3c(cc12)C(F)CO3. The number of amides is 1. The molecule has 0 aromatic heterocycles. The Hall–Kier alpha value is -4.12. The molecule has 5 heteroatoms. The Labute approximate surface area is 202 Å². The highest BCUT2D eigenvalue weighted by Gasteiger charge is 2.58. The van der Waals surface area contributed by atoms with Crippen LogP contribution in [0.3, 0.4) is 0 Å². The van der Waals surface area contributed by atoms with Crippen LogP contribution in [0.2, 0.25) is 0 Å². The van der Waals surface area contributed by atoms with Crippen molar-refractivity contribution in [2.75, 3.05) is 18.1 Å². The van der Waals surface area contributed by atoms with Gasteiger partial charge in [0, 0.05) is 22.9 Å². The molecule has 3 aliphatic rings. The lowest BCUT2D eigenvalue weighted by Crippen LogP contribution is -2.44. The standard InChI is InChI=1S/C30H22FNO3/c31-24-17-34-26-16-27-23(15-21(24)26)30(18-35-27)22-13-7-8-14-25(22)32(29(30)33)28(19-9-3-1-4-10-19)20-11-5-2-6-12-20/h1-16,24,28H,17-18H2. The van der Waals surface area contributed by atoms with Crippen LogP contribution < -0.4 is 14.4 Å². The first-order valence-corrected chi connectivity index (χ1v) is 11.8. The summed E-state index contributed by atoms with van der Waals surface area (Å²) in [7, 11) is 0. The third kappa shape index (κ3) is 2.75. The Morgan fingerprint density at radius 3 is 2.17 bits per heavy atom. The fourth-order valence-electron chi connectivity index (χ4n) is 5.81. The summed E-state index contributed by atoms with van der Waals surface area (Å²) in [5.74, 6) is 1.01. The van der Waals surface area contributed by atoms with Crippen molar-refractivity contribution in [2.45, 2.75) is 17.6 Å². The Balaban J connectivity index is 1.46. The minimum atomic E-state index is -1.21. The van der Waals surface area contributed by atoms with E-state index in [9.17, 15) is 9.18 Å². The summed E-state index contributed by atoms with van der Waals surface area (Å²) in [4.78, 5) is 16.5. The van der Waals surface area contributed by atoms with Crippen molar-refractivity contribution in [3.63, 3.8) is 0 Å². The van der Waals surface area contributed by atoms with E-state index in [0.717, 1.165) is 22.4 Å². The van der Waals surface area contributed by atoms with E-state index in [0.29, 0.717) is 22.6 Å². The number of halogens is 1. The molecule has 0 N–H and O–H groups in total. The van der Waals surface area contributed by atoms with Crippen LogP contribution in [-0.2, 0) is 10.2 Å². The van der Waals surface area contributed by atoms with Crippen molar-refractivity contribution >= 4 is 11.6 Å². The minimum Gasteiger partial charge on any atom is -0.491 e. The molecule has 2 atom stereocenters. The molecule has 1 amide bonds. The maximum Gasteiger partial charge on any atom is 0.246 e. The van der Waals surface area contributed by atoms with Crippen LogP contribution in [-0.4, -0.2) is 19.1 Å². The van der Waals surface area contributed by atoms with Crippen LogP contribution in [0.15, 0.2) is 97.1 Å². The largest absolute Gasteiger partial charge is 0.491 e. The summed E-state index contributed by atoms with van der Waals surface area (Å²) in [6.45, 7) is 0.163. The van der Waals surface area contributed by atoms with Crippen LogP contribution >= 0.6 is 0 Å². The summed E-state index contributed by atoms with van der Waals surface area (Å²) < 4.78 is 26.3. The number of carbonyl (C=O) groups excluding carboxylic acids is 1. The van der Waals surface area contributed by atoms with Gasteiger partial charge in [0.1, 0.15) is 30.1 Å². The Morgan fingerprint density at radius 1 is 0.800 bits per heavy atom. The van der Waals surface area contributed by atoms with Crippen molar-refractivity contribution in [1.82, 2.24) is 0 Å². The average Bonchev–Trinajstić information content (AvgIpc) is 3.54. The first-order valence-electron chi connectivity index (χ1n) is 11.8. The van der Waals surface area contributed by atoms with Crippen LogP contribution in [0.1, 0.15) is 40.0 Å². The number of hydrogen-bond donors (Lipinski definition) is 0. The van der Waals surface area contributed by atoms with E-state index < -0.39 is 11.6 Å². The van der Waals surface area contributed by atoms with Gasteiger partial charge in [0.15, 0.2) is 6.17 Å². The Bertz CT molecular complexity index is 1420. The fraction of sp³-hybridized carbons (Fsp3) is 0.167. The zero-order valence-corrected chi connectivity index (χ0v) is 18.9. The number of anilines is 1. The number of alkyl halides is 1. The highest BCUT2D eigenvalue weighted by Crippen LogP contribution is 2.56. The second kappa shape index (κ2) is 7.44. The highest BCUT2D eigenvalue weighted by atomic mass is 19.1. The van der Waals surface area contributed by atoms with Crippen LogP contribution in [0.4, 0.5) is 10.1 Å². The molecule has 4 nitrogen and oxygen atoms in total. The van der Waals surface area contributed by atoms with Gasteiger partial charge in [-0.15, -0.1) is 0 Å². The Kier molecular flexibility index (Phi) is 4.31. The predicted octanol–water partition coefficient (Wildman–Crippen LogP) is 5.90. The normalized spacial score (nSPS) is 21.6. The molecular formula is C30H22FNO3. The first kappa shape index (κ1) is 20.3. The summed E-state index contributed by atoms with van der Waals surface area (Å²) in [5, 5.41) is 0. The van der Waals surface area contributed by atoms with Crippen LogP contribution in [0.25, 0.3) is 0 Å². The van der Waals surface area contributed by atoms with Crippen molar-refractivity contribution in [3.8, 4) is 11.5 Å². The second-order valence-corrected chi connectivity index (χ2v) is 9.27. The number of para-hydroxylation sites is 1. The molecule has 0 radical (unpaired) electrons. The molecule has 35 heavy (non-hydrogen) atoms. The molecule has 0 aliphatic carbocycles. The first-order chi connectivity index (χ1) is 17.2. The molecule has 0 saturated carbocycles. The number of hydrogen-bond acceptors (Lipinski definition) is 3. The lowest BCUT2D eigenvalue weighted by molar-refractivity contribution is -0.122. The van der Waals surface area contributed by atoms with Crippen molar-refractivity contribution in [1.29, 1.82) is 0 Å². The smallest absolute Gasteiger partial charge is 0.246 e. The topological polar surface area (TPSA) is 38.8 Å². The third-order valence-electron chi connectivity index (χ3n) is 7.43. The fourth-order valence-corrected chi connectivity index (χ4v) is 5.81. The molecule has 1 spiro atoms. The van der Waals surface area contributed by atoms with Crippen LogP contribution in [0.5, 0.6) is 11.5 Å². The van der Waals surface area contributed by atoms with Gasteiger partial charge in [0.05, 0.1) is 6.04 Å². The number of benzene rings is 4. The summed E-state index contributed by atoms with van der Waals surface area (Å²) >= 11 is 0. The van der Waals surface area contributed by atoms with E-state index >= 15 is 0 Å². The lowest BCUT2D eigenvalue weighted by Gasteiger charge is -2.31. The number of fused-ring (bicyclic) bond motifs is 5. The molecule has 3 heterocycles. The highest BCUT2D eigenvalue weighted by molar-refractivity contribution is 6.12. The van der Waals surface area contributed by atoms with E-state index in [1.807, 2.05) is 65.6 Å². The van der Waals surface area contributed by atoms with Gasteiger partial charge in [-0.2, -0.15) is 0 Å². The van der Waals surface area contributed by atoms with Gasteiger partial charge < -0.3 is 9.47 Å². The molecule has 4 aromatic rings. The van der Waals surface area contributed by atoms with E-state index in [2.05, 4.69) is 24.3 Å². The monoisotopic (exact) mass is 463 g/mol. The van der Waals surface area contributed by atoms with Crippen LogP contribution in [0, 0.1) is 0 Å². The number of ether oxygens (including phenoxy) is 2.